The molecule has 6 aromatic rings. The van der Waals surface area contributed by atoms with Crippen molar-refractivity contribution in [3.05, 3.63) is 168 Å². The number of rotatable bonds is 11. The number of nitrogens with zero attached hydrogens (tertiary/aromatic N) is 4. The van der Waals surface area contributed by atoms with Crippen molar-refractivity contribution in [2.75, 3.05) is 10.6 Å². The van der Waals surface area contributed by atoms with Gasteiger partial charge in [-0.1, -0.05) is 48.9 Å². The number of pyridine rings is 2. The summed E-state index contributed by atoms with van der Waals surface area (Å²) < 4.78 is 67.1. The number of benzene rings is 4. The first-order valence-corrected chi connectivity index (χ1v) is 20.4. The van der Waals surface area contributed by atoms with Gasteiger partial charge < -0.3 is 10.6 Å². The predicted molar refractivity (Wildman–Crippen MR) is 209 cm³/mol. The fraction of sp³-hybridized carbons (Fsp3) is 0.100. The van der Waals surface area contributed by atoms with Gasteiger partial charge in [0.2, 0.25) is 19.7 Å². The second-order valence-electron chi connectivity index (χ2n) is 12.3. The topological polar surface area (TPSA) is 159 Å². The summed E-state index contributed by atoms with van der Waals surface area (Å²) in [4.78, 5) is 36.4. The Labute approximate surface area is 328 Å². The number of hydrogen-bond donors (Lipinski definition) is 2. The van der Waals surface area contributed by atoms with E-state index in [9.17, 15) is 30.8 Å². The van der Waals surface area contributed by atoms with Crippen molar-refractivity contribution in [3.8, 4) is 0 Å². The number of aryl methyl sites for hydroxylation is 1. The SMILES string of the molecule is CCc1ccccc1S(=O)(=O)c1ccc(NC(=O)N(Cc2cccnc2)N(Cc2cccnc2)C(=O)Nc2ccc(S(=O)(=O)c3ccc(F)cc3Cl)cc2)cc1. The van der Waals surface area contributed by atoms with Crippen LogP contribution in [-0.2, 0) is 39.2 Å². The van der Waals surface area contributed by atoms with Gasteiger partial charge >= 0.3 is 12.1 Å². The van der Waals surface area contributed by atoms with Crippen LogP contribution in [-0.4, -0.2) is 48.9 Å². The van der Waals surface area contributed by atoms with Gasteiger partial charge in [0.25, 0.3) is 0 Å². The molecule has 0 spiro atoms. The Morgan fingerprint density at radius 3 is 1.57 bits per heavy atom. The molecule has 0 aliphatic heterocycles. The first-order valence-electron chi connectivity index (χ1n) is 17.0. The molecule has 0 saturated carbocycles. The number of amides is 4. The highest BCUT2D eigenvalue weighted by Crippen LogP contribution is 2.30. The highest BCUT2D eigenvalue weighted by Gasteiger charge is 2.29. The molecule has 0 fully saturated rings. The van der Waals surface area contributed by atoms with Crippen LogP contribution in [0.2, 0.25) is 5.02 Å². The van der Waals surface area contributed by atoms with E-state index in [2.05, 4.69) is 20.6 Å². The summed E-state index contributed by atoms with van der Waals surface area (Å²) in [7, 11) is -7.99. The summed E-state index contributed by atoms with van der Waals surface area (Å²) in [6.45, 7) is 1.62. The van der Waals surface area contributed by atoms with E-state index in [4.69, 9.17) is 11.6 Å². The fourth-order valence-corrected chi connectivity index (χ4v) is 9.03. The molecule has 0 bridgehead atoms. The van der Waals surface area contributed by atoms with Crippen LogP contribution < -0.4 is 10.6 Å². The van der Waals surface area contributed by atoms with Crippen LogP contribution in [0.3, 0.4) is 0 Å². The zero-order chi connectivity index (χ0) is 39.9. The van der Waals surface area contributed by atoms with Crippen molar-refractivity contribution in [2.24, 2.45) is 0 Å². The molecular weight excluding hydrogens is 779 g/mol. The van der Waals surface area contributed by atoms with E-state index in [0.29, 0.717) is 23.1 Å². The number of hydrazine groups is 1. The van der Waals surface area contributed by atoms with Gasteiger partial charge in [-0.3, -0.25) is 9.97 Å². The smallest absolute Gasteiger partial charge is 0.306 e. The lowest BCUT2D eigenvalue weighted by molar-refractivity contribution is 0.0466. The molecule has 56 heavy (non-hydrogen) atoms. The number of aromatic nitrogens is 2. The number of carbonyl (C=O) groups is 2. The summed E-state index contributed by atoms with van der Waals surface area (Å²) in [5, 5.41) is 7.54. The molecule has 0 aliphatic rings. The Kier molecular flexibility index (Phi) is 12.1. The molecule has 2 aromatic heterocycles. The molecule has 6 rings (SSSR count). The minimum Gasteiger partial charge on any atom is -0.306 e. The maximum Gasteiger partial charge on any atom is 0.341 e. The number of anilines is 2. The first kappa shape index (κ1) is 39.5. The fourth-order valence-electron chi connectivity index (χ4n) is 5.68. The maximum absolute atomic E-state index is 14.2. The van der Waals surface area contributed by atoms with Gasteiger partial charge in [0, 0.05) is 36.2 Å². The van der Waals surface area contributed by atoms with E-state index in [1.54, 1.807) is 67.1 Å². The third-order valence-electron chi connectivity index (χ3n) is 8.53. The Morgan fingerprint density at radius 2 is 1.12 bits per heavy atom. The van der Waals surface area contributed by atoms with E-state index in [-0.39, 0.29) is 49.1 Å². The van der Waals surface area contributed by atoms with E-state index < -0.39 is 37.6 Å². The quantitative estimate of drug-likeness (QED) is 0.0980. The number of hydrogen-bond acceptors (Lipinski definition) is 8. The predicted octanol–water partition coefficient (Wildman–Crippen LogP) is 8.18. The molecule has 286 valence electrons. The monoisotopic (exact) mass is 812 g/mol. The highest BCUT2D eigenvalue weighted by atomic mass is 35.5. The summed E-state index contributed by atoms with van der Waals surface area (Å²) in [5.74, 6) is -0.688. The molecule has 0 radical (unpaired) electrons. The van der Waals surface area contributed by atoms with Crippen LogP contribution in [0.15, 0.2) is 160 Å². The van der Waals surface area contributed by atoms with Gasteiger partial charge in [-0.25, -0.2) is 40.8 Å². The molecule has 2 N–H and O–H groups in total. The van der Waals surface area contributed by atoms with Crippen LogP contribution in [0.4, 0.5) is 25.4 Å². The average molecular weight is 813 g/mol. The lowest BCUT2D eigenvalue weighted by Gasteiger charge is -2.35. The number of halogens is 2. The molecule has 4 aromatic carbocycles. The van der Waals surface area contributed by atoms with E-state index in [1.165, 1.54) is 54.7 Å². The Hall–Kier alpha value is -6.16. The number of nitrogens with one attached hydrogen (secondary N) is 2. The summed E-state index contributed by atoms with van der Waals surface area (Å²) in [6.07, 6.45) is 6.74. The average Bonchev–Trinajstić information content (AvgIpc) is 3.20. The summed E-state index contributed by atoms with van der Waals surface area (Å²) in [6, 6.07) is 26.0. The van der Waals surface area contributed by atoms with Gasteiger partial charge in [0.1, 0.15) is 5.82 Å². The molecule has 2 heterocycles. The van der Waals surface area contributed by atoms with E-state index in [1.807, 2.05) is 6.92 Å². The maximum atomic E-state index is 14.2. The molecule has 0 saturated heterocycles. The second-order valence-corrected chi connectivity index (χ2v) is 16.5. The minimum atomic E-state index is -4.14. The van der Waals surface area contributed by atoms with Crippen molar-refractivity contribution in [1.82, 2.24) is 20.0 Å². The largest absolute Gasteiger partial charge is 0.341 e. The van der Waals surface area contributed by atoms with E-state index in [0.717, 1.165) is 28.2 Å². The third-order valence-corrected chi connectivity index (χ3v) is 12.7. The first-order chi connectivity index (χ1) is 26.9. The van der Waals surface area contributed by atoms with E-state index >= 15 is 0 Å². The van der Waals surface area contributed by atoms with Crippen molar-refractivity contribution >= 4 is 54.7 Å². The number of sulfone groups is 2. The molecule has 0 unspecified atom stereocenters. The number of carbonyl (C=O) groups excluding carboxylic acids is 2. The standard InChI is InChI=1S/C40H34ClFN6O6S2/c1-2-30-9-3-4-10-37(30)55(51,52)34-16-12-32(13-17-34)45-39(49)47(26-28-7-5-21-43-24-28)48(27-29-8-6-22-44-25-29)40(50)46-33-14-18-35(19-15-33)56(53,54)38-20-11-31(42)23-36(38)41/h3-25H,2,26-27H2,1H3,(H,45,49)(H,46,50). The lowest BCUT2D eigenvalue weighted by atomic mass is 10.2. The van der Waals surface area contributed by atoms with Crippen molar-refractivity contribution in [1.29, 1.82) is 0 Å². The van der Waals surface area contributed by atoms with Gasteiger partial charge in [-0.05, 0) is 108 Å². The van der Waals surface area contributed by atoms with Crippen molar-refractivity contribution in [3.63, 3.8) is 0 Å². The Morgan fingerprint density at radius 1 is 0.643 bits per heavy atom. The van der Waals surface area contributed by atoms with Gasteiger partial charge in [-0.2, -0.15) is 0 Å². The molecular formula is C40H34ClFN6O6S2. The number of urea groups is 2. The van der Waals surface area contributed by atoms with Crippen LogP contribution in [0.25, 0.3) is 0 Å². The van der Waals surface area contributed by atoms with Gasteiger partial charge in [-0.15, -0.1) is 0 Å². The molecule has 0 aliphatic carbocycles. The van der Waals surface area contributed by atoms with Crippen LogP contribution in [0, 0.1) is 5.82 Å². The molecule has 16 heteroatoms. The summed E-state index contributed by atoms with van der Waals surface area (Å²) >= 11 is 6.04. The summed E-state index contributed by atoms with van der Waals surface area (Å²) in [5.41, 5.74) is 2.29. The molecule has 4 amide bonds. The van der Waals surface area contributed by atoms with Gasteiger partial charge in [0.05, 0.1) is 37.7 Å². The zero-order valence-corrected chi connectivity index (χ0v) is 32.1. The third kappa shape index (κ3) is 9.03. The molecule has 0 atom stereocenters. The Bertz CT molecular complexity index is 2570. The zero-order valence-electron chi connectivity index (χ0n) is 29.7. The highest BCUT2D eigenvalue weighted by molar-refractivity contribution is 7.92. The van der Waals surface area contributed by atoms with Crippen LogP contribution >= 0.6 is 11.6 Å². The normalized spacial score (nSPS) is 11.4. The lowest BCUT2D eigenvalue weighted by Crippen LogP contribution is -2.52. The Balaban J connectivity index is 1.29. The van der Waals surface area contributed by atoms with Crippen molar-refractivity contribution < 1.29 is 30.8 Å². The van der Waals surface area contributed by atoms with Crippen LogP contribution in [0.1, 0.15) is 23.6 Å². The molecule has 12 nitrogen and oxygen atoms in total. The minimum absolute atomic E-state index is 0.0424. The second kappa shape index (κ2) is 17.1. The van der Waals surface area contributed by atoms with Gasteiger partial charge in [0.15, 0.2) is 0 Å². The van der Waals surface area contributed by atoms with Crippen LogP contribution in [0.5, 0.6) is 0 Å². The van der Waals surface area contributed by atoms with Crippen molar-refractivity contribution in [2.45, 2.75) is 46.0 Å².